The smallest absolute Gasteiger partial charge is 0.348 e. The number of ether oxygens (including phenoxy) is 2. The number of esters is 2. The summed E-state index contributed by atoms with van der Waals surface area (Å²) in [5.41, 5.74) is 1.60. The molecule has 41 heavy (non-hydrogen) atoms. The van der Waals surface area contributed by atoms with Gasteiger partial charge in [-0.1, -0.05) is 81.1 Å². The summed E-state index contributed by atoms with van der Waals surface area (Å²) >= 11 is 1.32. The minimum atomic E-state index is -3.68. The zero-order valence-corrected chi connectivity index (χ0v) is 24.9. The lowest BCUT2D eigenvalue weighted by Crippen LogP contribution is -2.38. The summed E-state index contributed by atoms with van der Waals surface area (Å²) in [7, 11) is -3.68. The van der Waals surface area contributed by atoms with Gasteiger partial charge in [-0.25, -0.2) is 9.88 Å². The van der Waals surface area contributed by atoms with E-state index in [0.29, 0.717) is 17.0 Å². The first-order valence-electron chi connectivity index (χ1n) is 13.4. The molecule has 0 bridgehead atoms. The number of carbonyl (C=O) groups excluding carboxylic acids is 2. The number of hydrogen-bond donors (Lipinski definition) is 1. The third-order valence-corrected chi connectivity index (χ3v) is 9.16. The Balaban J connectivity index is 1.58. The number of fused-ring (bicyclic) bond motifs is 1. The van der Waals surface area contributed by atoms with Gasteiger partial charge in [-0.15, -0.1) is 11.3 Å². The Bertz CT molecular complexity index is 1520. The fraction of sp³-hybridized carbons (Fsp3) is 0.250. The number of carbonyl (C=O) groups is 2. The Morgan fingerprint density at radius 1 is 0.951 bits per heavy atom. The van der Waals surface area contributed by atoms with Crippen molar-refractivity contribution in [1.29, 1.82) is 0 Å². The molecule has 0 amide bonds. The highest BCUT2D eigenvalue weighted by molar-refractivity contribution is 7.56. The maximum absolute atomic E-state index is 14.5. The predicted octanol–water partition coefficient (Wildman–Crippen LogP) is 7.76. The Kier molecular flexibility index (Phi) is 10.5. The van der Waals surface area contributed by atoms with E-state index in [0.717, 1.165) is 21.2 Å². The van der Waals surface area contributed by atoms with Gasteiger partial charge in [-0.05, 0) is 59.2 Å². The first kappa shape index (κ1) is 30.3. The lowest BCUT2D eigenvalue weighted by molar-refractivity contribution is -0.147. The van der Waals surface area contributed by atoms with Crippen molar-refractivity contribution in [3.63, 3.8) is 0 Å². The molecule has 4 rings (SSSR count). The average Bonchev–Trinajstić information content (AvgIpc) is 3.38. The van der Waals surface area contributed by atoms with Crippen LogP contribution in [0.2, 0.25) is 0 Å². The zero-order valence-electron chi connectivity index (χ0n) is 23.2. The fourth-order valence-electron chi connectivity index (χ4n) is 4.23. The highest BCUT2D eigenvalue weighted by Crippen LogP contribution is 2.48. The van der Waals surface area contributed by atoms with Gasteiger partial charge in [0.2, 0.25) is 0 Å². The standard InChI is InChI=1S/C32H34NO6PS/c1-4-17-37-32(35)30-20-26-19-25(15-16-29(26)41-30)22-40(36,39-27-13-9-6-10-14-27)33-28(18-23(2)3)31(34)38-21-24-11-7-5-8-12-24/h4-16,19-20,23,28H,1,17-18,21-22H2,2-3H3,(H,33,36)/t28-,40?/m0/s1. The molecule has 0 spiro atoms. The molecule has 0 fully saturated rings. The maximum Gasteiger partial charge on any atom is 0.348 e. The highest BCUT2D eigenvalue weighted by Gasteiger charge is 2.34. The molecule has 0 aliphatic rings. The van der Waals surface area contributed by atoms with Gasteiger partial charge in [-0.2, -0.15) is 0 Å². The van der Waals surface area contributed by atoms with Crippen LogP contribution < -0.4 is 9.61 Å². The first-order chi connectivity index (χ1) is 19.7. The van der Waals surface area contributed by atoms with E-state index in [2.05, 4.69) is 11.7 Å². The third-order valence-electron chi connectivity index (χ3n) is 6.07. The SMILES string of the molecule is C=CCOC(=O)c1cc2cc(CP(=O)(N[C@@H](CC(C)C)C(=O)OCc3ccccc3)Oc3ccccc3)ccc2s1. The van der Waals surface area contributed by atoms with Gasteiger partial charge < -0.3 is 14.0 Å². The van der Waals surface area contributed by atoms with Gasteiger partial charge in [0.1, 0.15) is 29.9 Å². The third kappa shape index (κ3) is 8.89. The number of thiophene rings is 1. The first-order valence-corrected chi connectivity index (χ1v) is 16.0. The molecule has 3 aromatic carbocycles. The van der Waals surface area contributed by atoms with Gasteiger partial charge in [0, 0.05) is 4.70 Å². The normalized spacial score (nSPS) is 13.3. The van der Waals surface area contributed by atoms with E-state index in [1.165, 1.54) is 17.4 Å². The molecule has 1 aromatic heterocycles. The van der Waals surface area contributed by atoms with E-state index in [4.69, 9.17) is 14.0 Å². The minimum absolute atomic E-state index is 0.0183. The van der Waals surface area contributed by atoms with Crippen LogP contribution in [-0.4, -0.2) is 24.6 Å². The number of para-hydroxylation sites is 1. The van der Waals surface area contributed by atoms with E-state index in [-0.39, 0.29) is 25.3 Å². The Morgan fingerprint density at radius 2 is 1.66 bits per heavy atom. The quantitative estimate of drug-likeness (QED) is 0.0910. The minimum Gasteiger partial charge on any atom is -0.460 e. The summed E-state index contributed by atoms with van der Waals surface area (Å²) in [6, 6.07) is 24.8. The van der Waals surface area contributed by atoms with E-state index >= 15 is 0 Å². The lowest BCUT2D eigenvalue weighted by atomic mass is 10.1. The molecule has 1 heterocycles. The van der Waals surface area contributed by atoms with Gasteiger partial charge in [0.05, 0.1) is 6.16 Å². The Morgan fingerprint density at radius 3 is 2.34 bits per heavy atom. The maximum atomic E-state index is 14.5. The Labute approximate surface area is 244 Å². The van der Waals surface area contributed by atoms with Crippen molar-refractivity contribution in [3.05, 3.63) is 114 Å². The van der Waals surface area contributed by atoms with Gasteiger partial charge >= 0.3 is 19.5 Å². The molecule has 214 valence electrons. The molecule has 9 heteroatoms. The van der Waals surface area contributed by atoms with Crippen molar-refractivity contribution in [2.45, 2.75) is 39.1 Å². The monoisotopic (exact) mass is 591 g/mol. The molecular formula is C32H34NO6PS. The summed E-state index contributed by atoms with van der Waals surface area (Å²) in [5.74, 6) is -0.357. The number of rotatable bonds is 14. The van der Waals surface area contributed by atoms with Crippen molar-refractivity contribution in [1.82, 2.24) is 5.09 Å². The van der Waals surface area contributed by atoms with Crippen LogP contribution in [0.1, 0.15) is 41.1 Å². The van der Waals surface area contributed by atoms with E-state index in [1.54, 1.807) is 30.3 Å². The van der Waals surface area contributed by atoms with E-state index < -0.39 is 25.5 Å². The number of benzene rings is 3. The second-order valence-electron chi connectivity index (χ2n) is 10.0. The largest absolute Gasteiger partial charge is 0.460 e. The van der Waals surface area contributed by atoms with Crippen LogP contribution in [0, 0.1) is 5.92 Å². The van der Waals surface area contributed by atoms with Crippen LogP contribution in [-0.2, 0) is 31.6 Å². The van der Waals surface area contributed by atoms with Crippen LogP contribution in [0.4, 0.5) is 0 Å². The van der Waals surface area contributed by atoms with Gasteiger partial charge in [0.25, 0.3) is 0 Å². The zero-order chi connectivity index (χ0) is 29.2. The summed E-state index contributed by atoms with van der Waals surface area (Å²) in [5, 5.41) is 3.89. The van der Waals surface area contributed by atoms with Crippen LogP contribution >= 0.6 is 18.9 Å². The molecule has 0 saturated heterocycles. The molecule has 0 aliphatic heterocycles. The Hall–Kier alpha value is -3.71. The summed E-state index contributed by atoms with van der Waals surface area (Å²) < 4.78 is 32.2. The second kappa shape index (κ2) is 14.3. The van der Waals surface area contributed by atoms with Crippen LogP contribution in [0.15, 0.2) is 97.6 Å². The van der Waals surface area contributed by atoms with Gasteiger partial charge in [0.15, 0.2) is 0 Å². The summed E-state index contributed by atoms with van der Waals surface area (Å²) in [6.45, 7) is 7.80. The van der Waals surface area contributed by atoms with Crippen molar-refractivity contribution in [2.24, 2.45) is 5.92 Å². The summed E-state index contributed by atoms with van der Waals surface area (Å²) in [4.78, 5) is 26.0. The van der Waals surface area contributed by atoms with Crippen LogP contribution in [0.3, 0.4) is 0 Å². The van der Waals surface area contributed by atoms with Crippen molar-refractivity contribution < 1.29 is 28.2 Å². The molecule has 1 N–H and O–H groups in total. The molecule has 0 aliphatic carbocycles. The van der Waals surface area contributed by atoms with Crippen molar-refractivity contribution >= 4 is 40.9 Å². The topological polar surface area (TPSA) is 90.9 Å². The van der Waals surface area contributed by atoms with Crippen molar-refractivity contribution in [2.75, 3.05) is 6.61 Å². The molecular weight excluding hydrogens is 557 g/mol. The van der Waals surface area contributed by atoms with Crippen LogP contribution in [0.25, 0.3) is 10.1 Å². The molecule has 1 unspecified atom stereocenters. The lowest BCUT2D eigenvalue weighted by Gasteiger charge is -2.26. The number of nitrogens with one attached hydrogen (secondary N) is 1. The second-order valence-corrected chi connectivity index (χ2v) is 13.2. The summed E-state index contributed by atoms with van der Waals surface area (Å²) in [6.07, 6.45) is 1.95. The fourth-order valence-corrected chi connectivity index (χ4v) is 7.20. The predicted molar refractivity (Wildman–Crippen MR) is 163 cm³/mol. The van der Waals surface area contributed by atoms with Crippen LogP contribution in [0.5, 0.6) is 5.75 Å². The van der Waals surface area contributed by atoms with E-state index in [1.807, 2.05) is 68.4 Å². The highest BCUT2D eigenvalue weighted by atomic mass is 32.1. The molecule has 7 nitrogen and oxygen atoms in total. The van der Waals surface area contributed by atoms with Crippen molar-refractivity contribution in [3.8, 4) is 5.75 Å². The van der Waals surface area contributed by atoms with E-state index in [9.17, 15) is 14.2 Å². The van der Waals surface area contributed by atoms with Gasteiger partial charge in [-0.3, -0.25) is 9.36 Å². The molecule has 2 atom stereocenters. The molecule has 4 aromatic rings. The molecule has 0 saturated carbocycles. The number of hydrogen-bond acceptors (Lipinski definition) is 7. The molecule has 0 radical (unpaired) electrons. The average molecular weight is 592 g/mol.